The fourth-order valence-electron chi connectivity index (χ4n) is 3.97. The van der Waals surface area contributed by atoms with E-state index in [0.717, 1.165) is 68.2 Å². The maximum Gasteiger partial charge on any atom is 0.123 e. The maximum atomic E-state index is 10.6. The van der Waals surface area contributed by atoms with Gasteiger partial charge in [-0.3, -0.25) is 0 Å². The van der Waals surface area contributed by atoms with Crippen molar-refractivity contribution >= 4 is 40.9 Å². The van der Waals surface area contributed by atoms with Gasteiger partial charge in [-0.1, -0.05) is 23.2 Å². The molecule has 162 valence electrons. The van der Waals surface area contributed by atoms with E-state index < -0.39 is 0 Å². The van der Waals surface area contributed by atoms with Crippen LogP contribution in [-0.2, 0) is 4.79 Å². The Morgan fingerprint density at radius 1 is 0.767 bits per heavy atom. The SMILES string of the molecule is O=CC1CCN(c2ccc(Cl)cc2)CC1.OCC1CCN(c2ccc(Cl)cc2)CC1. The molecule has 2 aliphatic heterocycles. The normalized spacial score (nSPS) is 18.0. The van der Waals surface area contributed by atoms with Gasteiger partial charge < -0.3 is 19.7 Å². The molecule has 0 aromatic heterocycles. The van der Waals surface area contributed by atoms with Gasteiger partial charge in [0.25, 0.3) is 0 Å². The Kier molecular flexibility index (Phi) is 8.86. The molecule has 4 nitrogen and oxygen atoms in total. The van der Waals surface area contributed by atoms with Gasteiger partial charge in [0.2, 0.25) is 0 Å². The van der Waals surface area contributed by atoms with Crippen LogP contribution in [0.5, 0.6) is 0 Å². The minimum Gasteiger partial charge on any atom is -0.396 e. The number of benzene rings is 2. The van der Waals surface area contributed by atoms with Crippen molar-refractivity contribution in [3.8, 4) is 0 Å². The summed E-state index contributed by atoms with van der Waals surface area (Å²) in [7, 11) is 0. The third-order valence-electron chi connectivity index (χ3n) is 5.99. The number of aliphatic hydroxyl groups is 1. The van der Waals surface area contributed by atoms with E-state index in [0.29, 0.717) is 12.5 Å². The number of rotatable bonds is 4. The van der Waals surface area contributed by atoms with E-state index in [-0.39, 0.29) is 5.92 Å². The highest BCUT2D eigenvalue weighted by atomic mass is 35.5. The van der Waals surface area contributed by atoms with Crippen LogP contribution in [0.2, 0.25) is 10.0 Å². The predicted molar refractivity (Wildman–Crippen MR) is 126 cm³/mol. The van der Waals surface area contributed by atoms with E-state index in [1.54, 1.807) is 0 Å². The minimum absolute atomic E-state index is 0.258. The van der Waals surface area contributed by atoms with Crippen LogP contribution in [0.3, 0.4) is 0 Å². The molecule has 0 saturated carbocycles. The van der Waals surface area contributed by atoms with E-state index in [9.17, 15) is 4.79 Å². The van der Waals surface area contributed by atoms with Crippen LogP contribution >= 0.6 is 23.2 Å². The summed E-state index contributed by atoms with van der Waals surface area (Å²) >= 11 is 11.7. The van der Waals surface area contributed by atoms with Crippen molar-refractivity contribution in [2.24, 2.45) is 11.8 Å². The highest BCUT2D eigenvalue weighted by Crippen LogP contribution is 2.25. The van der Waals surface area contributed by atoms with E-state index in [1.807, 2.05) is 36.4 Å². The molecule has 0 unspecified atom stereocenters. The monoisotopic (exact) mass is 448 g/mol. The first-order chi connectivity index (χ1) is 14.6. The number of anilines is 2. The molecule has 1 N–H and O–H groups in total. The van der Waals surface area contributed by atoms with Gasteiger partial charge >= 0.3 is 0 Å². The summed E-state index contributed by atoms with van der Waals surface area (Å²) < 4.78 is 0. The predicted octanol–water partition coefficient (Wildman–Crippen LogP) is 5.30. The number of hydrogen-bond donors (Lipinski definition) is 1. The number of carbonyl (C=O) groups excluding carboxylic acids is 1. The fourth-order valence-corrected chi connectivity index (χ4v) is 4.22. The lowest BCUT2D eigenvalue weighted by molar-refractivity contribution is -0.111. The topological polar surface area (TPSA) is 43.8 Å². The Morgan fingerprint density at radius 3 is 1.53 bits per heavy atom. The number of hydrogen-bond acceptors (Lipinski definition) is 4. The Morgan fingerprint density at radius 2 is 1.17 bits per heavy atom. The van der Waals surface area contributed by atoms with Gasteiger partial charge in [-0.05, 0) is 80.1 Å². The number of nitrogens with zero attached hydrogens (tertiary/aromatic N) is 2. The highest BCUT2D eigenvalue weighted by molar-refractivity contribution is 6.30. The molecule has 0 bridgehead atoms. The molecular weight excluding hydrogens is 419 g/mol. The number of carbonyl (C=O) groups is 1. The number of piperidine rings is 2. The smallest absolute Gasteiger partial charge is 0.123 e. The molecule has 6 heteroatoms. The van der Waals surface area contributed by atoms with Crippen LogP contribution in [0.25, 0.3) is 0 Å². The third kappa shape index (κ3) is 6.63. The van der Waals surface area contributed by atoms with Crippen molar-refractivity contribution in [2.75, 3.05) is 42.6 Å². The number of aliphatic hydroxyl groups excluding tert-OH is 1. The molecule has 30 heavy (non-hydrogen) atoms. The molecule has 2 aromatic rings. The second-order valence-corrected chi connectivity index (χ2v) is 8.90. The van der Waals surface area contributed by atoms with Crippen LogP contribution in [0.4, 0.5) is 11.4 Å². The van der Waals surface area contributed by atoms with Crippen molar-refractivity contribution < 1.29 is 9.90 Å². The van der Waals surface area contributed by atoms with Crippen molar-refractivity contribution in [2.45, 2.75) is 25.7 Å². The standard InChI is InChI=1S/C12H16ClNO.C12H14ClNO/c2*13-11-1-3-12(4-2-11)14-7-5-10(9-15)6-8-14/h1-4,10,15H,5-9H2;1-4,9-10H,5-8H2. The Hall–Kier alpha value is -1.75. The molecule has 2 aromatic carbocycles. The average Bonchev–Trinajstić information content (AvgIpc) is 2.81. The van der Waals surface area contributed by atoms with E-state index in [4.69, 9.17) is 28.3 Å². The molecule has 2 heterocycles. The highest BCUT2D eigenvalue weighted by Gasteiger charge is 2.19. The third-order valence-corrected chi connectivity index (χ3v) is 6.49. The first kappa shape index (κ1) is 22.9. The van der Waals surface area contributed by atoms with E-state index in [1.165, 1.54) is 11.4 Å². The fraction of sp³-hybridized carbons (Fsp3) is 0.458. The van der Waals surface area contributed by atoms with Gasteiger partial charge in [0.1, 0.15) is 6.29 Å². The Labute approximate surface area is 189 Å². The van der Waals surface area contributed by atoms with Crippen molar-refractivity contribution in [3.63, 3.8) is 0 Å². The van der Waals surface area contributed by atoms with Crippen LogP contribution < -0.4 is 9.80 Å². The second-order valence-electron chi connectivity index (χ2n) is 8.03. The molecule has 0 atom stereocenters. The quantitative estimate of drug-likeness (QED) is 0.643. The van der Waals surface area contributed by atoms with E-state index >= 15 is 0 Å². The molecule has 4 rings (SSSR count). The number of aldehydes is 1. The van der Waals surface area contributed by atoms with Crippen LogP contribution in [0.1, 0.15) is 25.7 Å². The first-order valence-electron chi connectivity index (χ1n) is 10.7. The van der Waals surface area contributed by atoms with Gasteiger partial charge in [0, 0.05) is 60.1 Å². The van der Waals surface area contributed by atoms with Crippen molar-refractivity contribution in [1.29, 1.82) is 0 Å². The maximum absolute atomic E-state index is 10.6. The first-order valence-corrected chi connectivity index (χ1v) is 11.4. The summed E-state index contributed by atoms with van der Waals surface area (Å²) in [6.07, 6.45) is 5.18. The lowest BCUT2D eigenvalue weighted by Crippen LogP contribution is -2.34. The lowest BCUT2D eigenvalue weighted by Gasteiger charge is -2.32. The van der Waals surface area contributed by atoms with Crippen molar-refractivity contribution in [1.82, 2.24) is 0 Å². The molecule has 0 radical (unpaired) electrons. The molecule has 2 saturated heterocycles. The van der Waals surface area contributed by atoms with Gasteiger partial charge in [0.15, 0.2) is 0 Å². The van der Waals surface area contributed by atoms with Crippen LogP contribution in [-0.4, -0.2) is 44.2 Å². The zero-order valence-electron chi connectivity index (χ0n) is 17.2. The van der Waals surface area contributed by atoms with E-state index in [2.05, 4.69) is 21.9 Å². The Balaban J connectivity index is 0.000000171. The zero-order valence-corrected chi connectivity index (χ0v) is 18.7. The van der Waals surface area contributed by atoms with Gasteiger partial charge in [-0.25, -0.2) is 0 Å². The minimum atomic E-state index is 0.258. The second kappa shape index (κ2) is 11.6. The molecular formula is C24H30Cl2N2O2. The molecule has 2 fully saturated rings. The summed E-state index contributed by atoms with van der Waals surface area (Å²) in [5.41, 5.74) is 2.43. The summed E-state index contributed by atoms with van der Waals surface area (Å²) in [5, 5.41) is 10.6. The van der Waals surface area contributed by atoms with Gasteiger partial charge in [-0.2, -0.15) is 0 Å². The molecule has 0 amide bonds. The largest absolute Gasteiger partial charge is 0.396 e. The molecule has 2 aliphatic rings. The molecule has 0 spiro atoms. The van der Waals surface area contributed by atoms with Crippen LogP contribution in [0, 0.1) is 11.8 Å². The summed E-state index contributed by atoms with van der Waals surface area (Å²) in [4.78, 5) is 15.3. The Bertz CT molecular complexity index is 767. The van der Waals surface area contributed by atoms with Gasteiger partial charge in [-0.15, -0.1) is 0 Å². The average molecular weight is 449 g/mol. The van der Waals surface area contributed by atoms with Crippen molar-refractivity contribution in [3.05, 3.63) is 58.6 Å². The lowest BCUT2D eigenvalue weighted by atomic mass is 9.97. The summed E-state index contributed by atoms with van der Waals surface area (Å²) in [5.74, 6) is 0.752. The van der Waals surface area contributed by atoms with Gasteiger partial charge in [0.05, 0.1) is 0 Å². The molecule has 0 aliphatic carbocycles. The zero-order chi connectivity index (χ0) is 21.3. The summed E-state index contributed by atoms with van der Waals surface area (Å²) in [6.45, 7) is 4.32. The number of halogens is 2. The summed E-state index contributed by atoms with van der Waals surface area (Å²) in [6, 6.07) is 15.8. The van der Waals surface area contributed by atoms with Crippen LogP contribution in [0.15, 0.2) is 48.5 Å².